The first-order valence-corrected chi connectivity index (χ1v) is 8.05. The zero-order valence-corrected chi connectivity index (χ0v) is 12.8. The quantitative estimate of drug-likeness (QED) is 0.897. The summed E-state index contributed by atoms with van der Waals surface area (Å²) in [6.45, 7) is 6.56. The zero-order valence-electron chi connectivity index (χ0n) is 12.1. The van der Waals surface area contributed by atoms with Crippen LogP contribution in [0.2, 0.25) is 5.02 Å². The van der Waals surface area contributed by atoms with Crippen molar-refractivity contribution in [2.24, 2.45) is 5.92 Å². The molecule has 20 heavy (non-hydrogen) atoms. The molecule has 1 N–H and O–H groups in total. The topological polar surface area (TPSA) is 24.5 Å². The highest BCUT2D eigenvalue weighted by molar-refractivity contribution is 6.32. The lowest BCUT2D eigenvalue weighted by Crippen LogP contribution is -2.39. The number of ether oxygens (including phenoxy) is 1. The molecule has 3 nitrogen and oxygen atoms in total. The molecule has 2 fully saturated rings. The van der Waals surface area contributed by atoms with Crippen molar-refractivity contribution in [2.75, 3.05) is 31.6 Å². The summed E-state index contributed by atoms with van der Waals surface area (Å²) in [5.41, 5.74) is 1.11. The molecule has 0 aromatic heterocycles. The lowest BCUT2D eigenvalue weighted by Gasteiger charge is -2.31. The van der Waals surface area contributed by atoms with Crippen molar-refractivity contribution in [1.29, 1.82) is 0 Å². The summed E-state index contributed by atoms with van der Waals surface area (Å²) in [5, 5.41) is 4.37. The van der Waals surface area contributed by atoms with Crippen LogP contribution in [0.15, 0.2) is 18.2 Å². The minimum absolute atomic E-state index is 0.590. The third kappa shape index (κ3) is 3.04. The maximum absolute atomic E-state index is 6.29. The van der Waals surface area contributed by atoms with Gasteiger partial charge in [0.15, 0.2) is 0 Å². The molecule has 1 aromatic rings. The van der Waals surface area contributed by atoms with Gasteiger partial charge in [-0.25, -0.2) is 0 Å². The fraction of sp³-hybridized carbons (Fsp3) is 0.625. The van der Waals surface area contributed by atoms with Gasteiger partial charge in [-0.05, 0) is 49.9 Å². The van der Waals surface area contributed by atoms with E-state index in [1.807, 2.05) is 12.1 Å². The third-order valence-corrected chi connectivity index (χ3v) is 4.68. The van der Waals surface area contributed by atoms with Crippen LogP contribution >= 0.6 is 11.6 Å². The van der Waals surface area contributed by atoms with Crippen LogP contribution in [0.4, 0.5) is 5.69 Å². The van der Waals surface area contributed by atoms with Crippen LogP contribution in [-0.4, -0.2) is 37.2 Å². The van der Waals surface area contributed by atoms with Crippen molar-refractivity contribution in [1.82, 2.24) is 4.90 Å². The number of nitrogens with zero attached hydrogens (tertiary/aromatic N) is 1. The molecule has 2 bridgehead atoms. The number of halogens is 1. The summed E-state index contributed by atoms with van der Waals surface area (Å²) >= 11 is 6.29. The van der Waals surface area contributed by atoms with E-state index >= 15 is 0 Å². The normalized spacial score (nSPS) is 28.4. The Hall–Kier alpha value is -0.930. The summed E-state index contributed by atoms with van der Waals surface area (Å²) < 4.78 is 5.61. The highest BCUT2D eigenvalue weighted by atomic mass is 35.5. The number of hydrogen-bond acceptors (Lipinski definition) is 3. The molecule has 0 amide bonds. The van der Waals surface area contributed by atoms with E-state index in [9.17, 15) is 0 Å². The average molecular weight is 295 g/mol. The minimum Gasteiger partial charge on any atom is -0.492 e. The first-order chi connectivity index (χ1) is 9.76. The molecule has 1 aromatic carbocycles. The Morgan fingerprint density at radius 1 is 1.35 bits per heavy atom. The second-order valence-electron chi connectivity index (χ2n) is 5.88. The first-order valence-electron chi connectivity index (χ1n) is 7.67. The fourth-order valence-electron chi connectivity index (χ4n) is 3.28. The average Bonchev–Trinajstić information content (AvgIpc) is 2.84. The van der Waals surface area contributed by atoms with Gasteiger partial charge in [0, 0.05) is 24.8 Å². The van der Waals surface area contributed by atoms with Gasteiger partial charge in [0.05, 0.1) is 11.6 Å². The van der Waals surface area contributed by atoms with E-state index in [0.717, 1.165) is 23.8 Å². The summed E-state index contributed by atoms with van der Waals surface area (Å²) in [6.07, 6.45) is 3.55. The van der Waals surface area contributed by atoms with Crippen LogP contribution in [0.1, 0.15) is 26.2 Å². The van der Waals surface area contributed by atoms with Crippen molar-refractivity contribution in [3.63, 3.8) is 0 Å². The van der Waals surface area contributed by atoms with Gasteiger partial charge >= 0.3 is 0 Å². The van der Waals surface area contributed by atoms with Gasteiger partial charge in [-0.3, -0.25) is 0 Å². The van der Waals surface area contributed by atoms with E-state index < -0.39 is 0 Å². The van der Waals surface area contributed by atoms with Crippen molar-refractivity contribution in [3.05, 3.63) is 23.2 Å². The number of anilines is 1. The van der Waals surface area contributed by atoms with Gasteiger partial charge < -0.3 is 15.0 Å². The number of nitrogens with one attached hydrogen (secondary N) is 1. The standard InChI is InChI=1S/C16H23ClN2O/c1-2-9-20-16-4-3-13(10-14(16)17)18-15-6-8-19-7-5-12(15)11-19/h3-4,10,12,15,18H,2,5-9,11H2,1H3. The molecule has 3 unspecified atom stereocenters. The van der Waals surface area contributed by atoms with Crippen LogP contribution < -0.4 is 10.1 Å². The third-order valence-electron chi connectivity index (χ3n) is 4.38. The smallest absolute Gasteiger partial charge is 0.138 e. The number of fused-ring (bicyclic) bond motifs is 2. The van der Waals surface area contributed by atoms with Gasteiger partial charge in [-0.15, -0.1) is 0 Å². The lowest BCUT2D eigenvalue weighted by atomic mass is 9.94. The second-order valence-corrected chi connectivity index (χ2v) is 6.29. The molecule has 3 rings (SSSR count). The molecule has 2 aliphatic rings. The predicted octanol–water partition coefficient (Wildman–Crippen LogP) is 3.63. The van der Waals surface area contributed by atoms with Gasteiger partial charge in [0.1, 0.15) is 5.75 Å². The highest BCUT2D eigenvalue weighted by Gasteiger charge is 2.34. The van der Waals surface area contributed by atoms with E-state index in [4.69, 9.17) is 16.3 Å². The number of hydrogen-bond donors (Lipinski definition) is 1. The van der Waals surface area contributed by atoms with Crippen LogP contribution in [0, 0.1) is 5.92 Å². The molecule has 0 saturated carbocycles. The molecule has 3 atom stereocenters. The van der Waals surface area contributed by atoms with Crippen molar-refractivity contribution < 1.29 is 4.74 Å². The highest BCUT2D eigenvalue weighted by Crippen LogP contribution is 2.32. The fourth-order valence-corrected chi connectivity index (χ4v) is 3.51. The van der Waals surface area contributed by atoms with Gasteiger partial charge in [0.2, 0.25) is 0 Å². The molecule has 0 radical (unpaired) electrons. The van der Waals surface area contributed by atoms with Crippen molar-refractivity contribution >= 4 is 17.3 Å². The molecule has 110 valence electrons. The van der Waals surface area contributed by atoms with Gasteiger partial charge in [-0.1, -0.05) is 18.5 Å². The van der Waals surface area contributed by atoms with Crippen LogP contribution in [-0.2, 0) is 0 Å². The van der Waals surface area contributed by atoms with E-state index in [1.54, 1.807) is 0 Å². The van der Waals surface area contributed by atoms with Crippen molar-refractivity contribution in [3.8, 4) is 5.75 Å². The molecule has 4 heteroatoms. The monoisotopic (exact) mass is 294 g/mol. The number of benzene rings is 1. The van der Waals surface area contributed by atoms with E-state index in [0.29, 0.717) is 17.7 Å². The van der Waals surface area contributed by atoms with E-state index in [1.165, 1.54) is 32.5 Å². The first kappa shape index (κ1) is 14.0. The van der Waals surface area contributed by atoms with Gasteiger partial charge in [-0.2, -0.15) is 0 Å². The molecular weight excluding hydrogens is 272 g/mol. The molecule has 0 spiro atoms. The Balaban J connectivity index is 1.64. The maximum Gasteiger partial charge on any atom is 0.138 e. The van der Waals surface area contributed by atoms with Gasteiger partial charge in [0.25, 0.3) is 0 Å². The van der Waals surface area contributed by atoms with Crippen LogP contribution in [0.25, 0.3) is 0 Å². The maximum atomic E-state index is 6.29. The predicted molar refractivity (Wildman–Crippen MR) is 83.8 cm³/mol. The Morgan fingerprint density at radius 2 is 2.20 bits per heavy atom. The molecular formula is C16H23ClN2O. The number of rotatable bonds is 5. The summed E-state index contributed by atoms with van der Waals surface area (Å²) in [4.78, 5) is 2.57. The SMILES string of the molecule is CCCOc1ccc(NC2CCN3CCC2C3)cc1Cl. The van der Waals surface area contributed by atoms with E-state index in [-0.39, 0.29) is 0 Å². The molecule has 2 saturated heterocycles. The summed E-state index contributed by atoms with van der Waals surface area (Å²) in [7, 11) is 0. The second kappa shape index (κ2) is 6.23. The zero-order chi connectivity index (χ0) is 13.9. The van der Waals surface area contributed by atoms with Crippen LogP contribution in [0.5, 0.6) is 5.75 Å². The van der Waals surface area contributed by atoms with Crippen molar-refractivity contribution in [2.45, 2.75) is 32.2 Å². The summed E-state index contributed by atoms with van der Waals surface area (Å²) in [5.74, 6) is 1.58. The number of piperidine rings is 1. The molecule has 2 aliphatic heterocycles. The lowest BCUT2D eigenvalue weighted by molar-refractivity contribution is 0.255. The Morgan fingerprint density at radius 3 is 3.00 bits per heavy atom. The Kier molecular flexibility index (Phi) is 4.37. The van der Waals surface area contributed by atoms with E-state index in [2.05, 4.69) is 23.2 Å². The Labute approximate surface area is 126 Å². The minimum atomic E-state index is 0.590. The summed E-state index contributed by atoms with van der Waals surface area (Å²) in [6, 6.07) is 6.64. The molecule has 2 heterocycles. The Bertz CT molecular complexity index is 466. The molecule has 0 aliphatic carbocycles. The largest absolute Gasteiger partial charge is 0.492 e. The van der Waals surface area contributed by atoms with Crippen LogP contribution in [0.3, 0.4) is 0 Å².